The minimum absolute atomic E-state index is 0.0877. The van der Waals surface area contributed by atoms with Gasteiger partial charge in [-0.1, -0.05) is 18.2 Å². The predicted octanol–water partition coefficient (Wildman–Crippen LogP) is 1.21. The van der Waals surface area contributed by atoms with Crippen LogP contribution in [0, 0.1) is 0 Å². The smallest absolute Gasteiger partial charge is 0.273 e. The molecule has 2 aromatic rings. The molecule has 8 heteroatoms. The lowest BCUT2D eigenvalue weighted by atomic mass is 9.86. The second kappa shape index (κ2) is 5.98. The van der Waals surface area contributed by atoms with Gasteiger partial charge in [0.05, 0.1) is 22.6 Å². The molecule has 2 unspecified atom stereocenters. The molecule has 4 rings (SSSR count). The Morgan fingerprint density at radius 3 is 2.77 bits per heavy atom. The van der Waals surface area contributed by atoms with Gasteiger partial charge in [-0.2, -0.15) is 5.10 Å². The molecule has 2 amide bonds. The van der Waals surface area contributed by atoms with E-state index in [2.05, 4.69) is 15.2 Å². The van der Waals surface area contributed by atoms with Crippen molar-refractivity contribution in [2.75, 3.05) is 0 Å². The maximum absolute atomic E-state index is 15.9. The van der Waals surface area contributed by atoms with Crippen molar-refractivity contribution in [1.29, 1.82) is 0 Å². The maximum atomic E-state index is 15.9. The number of carbonyl (C=O) groups is 2. The van der Waals surface area contributed by atoms with E-state index in [1.54, 1.807) is 18.2 Å². The number of hydrogen-bond donors (Lipinski definition) is 1. The maximum Gasteiger partial charge on any atom is 0.273 e. The van der Waals surface area contributed by atoms with E-state index in [9.17, 15) is 14.4 Å². The number of nitrogens with one attached hydrogen (secondary N) is 1. The van der Waals surface area contributed by atoms with Crippen LogP contribution in [0.3, 0.4) is 0 Å². The number of halogens is 1. The number of H-pyrrole nitrogens is 1. The number of alkyl halides is 1. The highest BCUT2D eigenvalue weighted by Gasteiger charge is 2.47. The van der Waals surface area contributed by atoms with Gasteiger partial charge in [0.25, 0.3) is 5.56 Å². The highest BCUT2D eigenvalue weighted by Crippen LogP contribution is 2.34. The molecule has 132 valence electrons. The van der Waals surface area contributed by atoms with E-state index in [4.69, 9.17) is 0 Å². The van der Waals surface area contributed by atoms with E-state index < -0.39 is 17.3 Å². The van der Waals surface area contributed by atoms with Gasteiger partial charge in [-0.3, -0.25) is 24.3 Å². The van der Waals surface area contributed by atoms with Gasteiger partial charge >= 0.3 is 0 Å². The Morgan fingerprint density at radius 2 is 2.00 bits per heavy atom. The summed E-state index contributed by atoms with van der Waals surface area (Å²) in [5.41, 5.74) is -1.90. The third-order valence-corrected chi connectivity index (χ3v) is 4.69. The molecule has 26 heavy (non-hydrogen) atoms. The van der Waals surface area contributed by atoms with Crippen LogP contribution in [-0.2, 0) is 16.0 Å². The van der Waals surface area contributed by atoms with Gasteiger partial charge < -0.3 is 0 Å². The van der Waals surface area contributed by atoms with E-state index in [0.717, 1.165) is 4.90 Å². The number of allylic oxidation sites excluding steroid dienone is 2. The molecular formula is C18H15FN4O3. The number of fused-ring (bicyclic) bond motifs is 1. The minimum Gasteiger partial charge on any atom is -0.274 e. The first kappa shape index (κ1) is 16.3. The van der Waals surface area contributed by atoms with Crippen molar-refractivity contribution in [3.8, 4) is 0 Å². The molecule has 0 spiro atoms. The summed E-state index contributed by atoms with van der Waals surface area (Å²) in [5.74, 6) is -0.779. The number of carbonyl (C=O) groups excluding carboxylic acids is 2. The van der Waals surface area contributed by atoms with Crippen LogP contribution >= 0.6 is 0 Å². The quantitative estimate of drug-likeness (QED) is 0.836. The van der Waals surface area contributed by atoms with Crippen LogP contribution < -0.4 is 5.56 Å². The first-order chi connectivity index (χ1) is 12.5. The van der Waals surface area contributed by atoms with Crippen LogP contribution in [0.5, 0.6) is 0 Å². The number of rotatable bonds is 3. The van der Waals surface area contributed by atoms with Crippen molar-refractivity contribution >= 4 is 22.7 Å². The zero-order chi connectivity index (χ0) is 18.3. The molecule has 1 saturated heterocycles. The summed E-state index contributed by atoms with van der Waals surface area (Å²) in [6.45, 7) is 0. The van der Waals surface area contributed by atoms with Crippen LogP contribution in [0.15, 0.2) is 47.4 Å². The van der Waals surface area contributed by atoms with Crippen LogP contribution in [0.2, 0.25) is 0 Å². The fraction of sp³-hybridized carbons (Fsp3) is 0.278. The van der Waals surface area contributed by atoms with Gasteiger partial charge in [-0.15, -0.1) is 0 Å². The Morgan fingerprint density at radius 1 is 1.23 bits per heavy atom. The fourth-order valence-corrected chi connectivity index (χ4v) is 3.44. The molecule has 1 aliphatic carbocycles. The van der Waals surface area contributed by atoms with Crippen LogP contribution in [0.25, 0.3) is 10.9 Å². The topological polar surface area (TPSA) is 96.0 Å². The highest BCUT2D eigenvalue weighted by atomic mass is 19.1. The molecule has 0 saturated carbocycles. The van der Waals surface area contributed by atoms with Gasteiger partial charge in [-0.25, -0.2) is 9.49 Å². The molecule has 0 radical (unpaired) electrons. The van der Waals surface area contributed by atoms with Crippen LogP contribution in [-0.4, -0.2) is 43.6 Å². The molecule has 0 bridgehead atoms. The lowest BCUT2D eigenvalue weighted by Crippen LogP contribution is -2.52. The van der Waals surface area contributed by atoms with E-state index in [1.165, 1.54) is 24.4 Å². The normalized spacial score (nSPS) is 25.4. The molecule has 0 aromatic carbocycles. The van der Waals surface area contributed by atoms with Gasteiger partial charge in [0.1, 0.15) is 0 Å². The number of pyridine rings is 1. The fourth-order valence-electron chi connectivity index (χ4n) is 3.44. The average molecular weight is 354 g/mol. The Labute approximate surface area is 147 Å². The number of likely N-dealkylation sites (tertiary alicyclic amines) is 1. The van der Waals surface area contributed by atoms with Gasteiger partial charge in [0, 0.05) is 25.5 Å². The van der Waals surface area contributed by atoms with Gasteiger partial charge in [0.15, 0.2) is 5.67 Å². The molecule has 1 N–H and O–H groups in total. The zero-order valence-electron chi connectivity index (χ0n) is 13.7. The summed E-state index contributed by atoms with van der Waals surface area (Å²) in [4.78, 5) is 41.2. The summed E-state index contributed by atoms with van der Waals surface area (Å²) in [6, 6.07) is 2.14. The van der Waals surface area contributed by atoms with Crippen molar-refractivity contribution in [2.24, 2.45) is 0 Å². The first-order valence-corrected chi connectivity index (χ1v) is 8.22. The monoisotopic (exact) mass is 354 g/mol. The zero-order valence-corrected chi connectivity index (χ0v) is 13.7. The second-order valence-electron chi connectivity index (χ2n) is 6.35. The molecule has 2 aromatic heterocycles. The summed E-state index contributed by atoms with van der Waals surface area (Å²) in [6.07, 6.45) is 7.40. The average Bonchev–Trinajstić information content (AvgIpc) is 2.97. The Kier molecular flexibility index (Phi) is 3.75. The minimum atomic E-state index is -2.04. The summed E-state index contributed by atoms with van der Waals surface area (Å²) < 4.78 is 15.9. The Bertz CT molecular complexity index is 1010. The summed E-state index contributed by atoms with van der Waals surface area (Å²) in [5, 5.41) is 6.62. The van der Waals surface area contributed by atoms with Crippen molar-refractivity contribution in [3.63, 3.8) is 0 Å². The first-order valence-electron chi connectivity index (χ1n) is 8.22. The summed E-state index contributed by atoms with van der Waals surface area (Å²) in [7, 11) is 0. The number of amides is 2. The molecule has 1 fully saturated rings. The van der Waals surface area contributed by atoms with E-state index in [-0.39, 0.29) is 36.8 Å². The Hall–Kier alpha value is -3.16. The van der Waals surface area contributed by atoms with Crippen LogP contribution in [0.4, 0.5) is 4.39 Å². The van der Waals surface area contributed by atoms with Gasteiger partial charge in [0.2, 0.25) is 11.8 Å². The van der Waals surface area contributed by atoms with Crippen molar-refractivity contribution in [2.45, 2.75) is 31.0 Å². The van der Waals surface area contributed by atoms with Crippen molar-refractivity contribution in [1.82, 2.24) is 20.1 Å². The molecule has 7 nitrogen and oxygen atoms in total. The molecule has 2 atom stereocenters. The van der Waals surface area contributed by atoms with Crippen LogP contribution in [0.1, 0.15) is 18.5 Å². The third kappa shape index (κ3) is 2.54. The standard InChI is InChI=1S/C18H15FN4O3/c19-18(8-2-1-5-13(18)23-14(24)6-7-15(23)25)10-12-16-11(4-3-9-20-16)17(26)22-21-12/h1-5,8-9,13H,6-7,10H2,(H,22,26). The van der Waals surface area contributed by atoms with Crippen molar-refractivity contribution < 1.29 is 14.0 Å². The van der Waals surface area contributed by atoms with Crippen molar-refractivity contribution in [3.05, 3.63) is 58.7 Å². The van der Waals surface area contributed by atoms with Gasteiger partial charge in [-0.05, 0) is 18.2 Å². The largest absolute Gasteiger partial charge is 0.274 e. The Balaban J connectivity index is 1.77. The van der Waals surface area contributed by atoms with E-state index >= 15 is 4.39 Å². The second-order valence-corrected chi connectivity index (χ2v) is 6.35. The molecular weight excluding hydrogens is 339 g/mol. The number of imide groups is 1. The SMILES string of the molecule is O=C1CCC(=O)N1C1C=CC=CC1(F)Cc1n[nH]c(=O)c2cccnc12. The number of hydrogen-bond acceptors (Lipinski definition) is 5. The number of nitrogens with zero attached hydrogens (tertiary/aromatic N) is 3. The van der Waals surface area contributed by atoms with E-state index in [0.29, 0.717) is 10.9 Å². The number of aromatic nitrogens is 3. The molecule has 3 heterocycles. The number of aromatic amines is 1. The molecule has 1 aliphatic heterocycles. The predicted molar refractivity (Wildman–Crippen MR) is 90.9 cm³/mol. The lowest BCUT2D eigenvalue weighted by molar-refractivity contribution is -0.142. The summed E-state index contributed by atoms with van der Waals surface area (Å²) >= 11 is 0. The highest BCUT2D eigenvalue weighted by molar-refractivity contribution is 6.02. The lowest BCUT2D eigenvalue weighted by Gasteiger charge is -2.36. The third-order valence-electron chi connectivity index (χ3n) is 4.69. The van der Waals surface area contributed by atoms with E-state index in [1.807, 2.05) is 0 Å². The molecule has 2 aliphatic rings.